The second kappa shape index (κ2) is 13.5. The highest BCUT2D eigenvalue weighted by Gasteiger charge is 2.33. The Kier molecular flexibility index (Phi) is 10.4. The number of hydrogen-bond acceptors (Lipinski definition) is 6. The lowest BCUT2D eigenvalue weighted by Crippen LogP contribution is -2.52. The summed E-state index contributed by atoms with van der Waals surface area (Å²) in [6, 6.07) is 18.5. The molecule has 0 aliphatic rings. The van der Waals surface area contributed by atoms with Crippen LogP contribution >= 0.6 is 11.6 Å². The van der Waals surface area contributed by atoms with Gasteiger partial charge >= 0.3 is 0 Å². The number of halogens is 1. The normalized spacial score (nSPS) is 12.0. The van der Waals surface area contributed by atoms with Crippen LogP contribution in [0.1, 0.15) is 26.3 Å². The number of methoxy groups -OCH3 is 2. The van der Waals surface area contributed by atoms with Crippen molar-refractivity contribution in [2.45, 2.75) is 44.3 Å². The van der Waals surface area contributed by atoms with E-state index in [4.69, 9.17) is 21.1 Å². The highest BCUT2D eigenvalue weighted by atomic mass is 35.5. The van der Waals surface area contributed by atoms with Crippen LogP contribution in [0.2, 0.25) is 5.02 Å². The van der Waals surface area contributed by atoms with Gasteiger partial charge in [-0.3, -0.25) is 13.9 Å². The molecule has 1 N–H and O–H groups in total. The Hall–Kier alpha value is -3.76. The van der Waals surface area contributed by atoms with E-state index in [0.29, 0.717) is 10.8 Å². The zero-order valence-corrected chi connectivity index (χ0v) is 24.7. The first kappa shape index (κ1) is 30.8. The highest BCUT2D eigenvalue weighted by Crippen LogP contribution is 2.32. The summed E-state index contributed by atoms with van der Waals surface area (Å²) in [5, 5.41) is 3.24. The second-order valence-electron chi connectivity index (χ2n) is 9.35. The van der Waals surface area contributed by atoms with E-state index in [1.807, 2.05) is 44.2 Å². The lowest BCUT2D eigenvalue weighted by molar-refractivity contribution is -0.139. The van der Waals surface area contributed by atoms with Crippen molar-refractivity contribution in [3.05, 3.63) is 83.4 Å². The Labute approximate surface area is 240 Å². The quantitative estimate of drug-likeness (QED) is 0.335. The molecule has 0 saturated carbocycles. The van der Waals surface area contributed by atoms with E-state index in [2.05, 4.69) is 5.32 Å². The summed E-state index contributed by atoms with van der Waals surface area (Å²) < 4.78 is 39.5. The van der Waals surface area contributed by atoms with Gasteiger partial charge in [0.15, 0.2) is 11.5 Å². The molecule has 40 heavy (non-hydrogen) atoms. The summed E-state index contributed by atoms with van der Waals surface area (Å²) in [7, 11) is -1.43. The molecule has 1 atom stereocenters. The number of amides is 2. The van der Waals surface area contributed by atoms with Crippen LogP contribution in [0.5, 0.6) is 11.5 Å². The third-order valence-electron chi connectivity index (χ3n) is 6.13. The third kappa shape index (κ3) is 7.45. The van der Waals surface area contributed by atoms with Crippen molar-refractivity contribution < 1.29 is 27.5 Å². The summed E-state index contributed by atoms with van der Waals surface area (Å²) >= 11 is 6.07. The van der Waals surface area contributed by atoms with Crippen molar-refractivity contribution in [2.24, 2.45) is 0 Å². The van der Waals surface area contributed by atoms with Gasteiger partial charge in [0.25, 0.3) is 10.0 Å². The molecule has 0 unspecified atom stereocenters. The SMILES string of the molecule is COc1ccc(S(=O)(=O)N(CC(=O)N(Cc2ccccc2)[C@H](C)C(=O)NC(C)C)c2ccc(Cl)cc2)cc1OC. The summed E-state index contributed by atoms with van der Waals surface area (Å²) in [5.74, 6) is -0.334. The van der Waals surface area contributed by atoms with Gasteiger partial charge in [0.1, 0.15) is 12.6 Å². The number of rotatable bonds is 12. The molecule has 0 aliphatic heterocycles. The number of anilines is 1. The average molecular weight is 588 g/mol. The van der Waals surface area contributed by atoms with Crippen LogP contribution in [0, 0.1) is 0 Å². The van der Waals surface area contributed by atoms with Crippen LogP contribution in [0.25, 0.3) is 0 Å². The van der Waals surface area contributed by atoms with Gasteiger partial charge in [-0.1, -0.05) is 41.9 Å². The molecular formula is C29H34ClN3O6S. The maximum Gasteiger partial charge on any atom is 0.264 e. The molecular weight excluding hydrogens is 554 g/mol. The fourth-order valence-corrected chi connectivity index (χ4v) is 5.56. The molecule has 0 spiro atoms. The minimum atomic E-state index is -4.28. The molecule has 3 aromatic carbocycles. The van der Waals surface area contributed by atoms with E-state index in [1.54, 1.807) is 19.1 Å². The second-order valence-corrected chi connectivity index (χ2v) is 11.7. The molecule has 0 radical (unpaired) electrons. The molecule has 0 aromatic heterocycles. The van der Waals surface area contributed by atoms with Crippen LogP contribution in [-0.4, -0.2) is 58.0 Å². The van der Waals surface area contributed by atoms with Gasteiger partial charge in [-0.15, -0.1) is 0 Å². The standard InChI is InChI=1S/C29H34ClN3O6S/c1-20(2)31-29(35)21(3)32(18-22-9-7-6-8-10-22)28(34)19-33(24-13-11-23(30)12-14-24)40(36,37)25-15-16-26(38-4)27(17-25)39-5/h6-17,20-21H,18-19H2,1-5H3,(H,31,35)/t21-/m1/s1. The lowest BCUT2D eigenvalue weighted by Gasteiger charge is -2.32. The molecule has 0 fully saturated rings. The molecule has 3 rings (SSSR count). The molecule has 2 amide bonds. The lowest BCUT2D eigenvalue weighted by atomic mass is 10.1. The van der Waals surface area contributed by atoms with Crippen LogP contribution in [-0.2, 0) is 26.2 Å². The number of carbonyl (C=O) groups excluding carboxylic acids is 2. The largest absolute Gasteiger partial charge is 0.493 e. The summed E-state index contributed by atoms with van der Waals surface area (Å²) in [6.07, 6.45) is 0. The first-order valence-electron chi connectivity index (χ1n) is 12.6. The van der Waals surface area contributed by atoms with Crippen molar-refractivity contribution in [2.75, 3.05) is 25.1 Å². The number of sulfonamides is 1. The van der Waals surface area contributed by atoms with Crippen LogP contribution < -0.4 is 19.1 Å². The number of carbonyl (C=O) groups is 2. The van der Waals surface area contributed by atoms with Crippen LogP contribution in [0.15, 0.2) is 77.7 Å². The summed E-state index contributed by atoms with van der Waals surface area (Å²) in [4.78, 5) is 28.1. The maximum absolute atomic E-state index is 14.0. The molecule has 11 heteroatoms. The molecule has 9 nitrogen and oxygen atoms in total. The Balaban J connectivity index is 2.06. The van der Waals surface area contributed by atoms with Gasteiger partial charge in [-0.2, -0.15) is 0 Å². The first-order valence-corrected chi connectivity index (χ1v) is 14.4. The topological polar surface area (TPSA) is 105 Å². The van der Waals surface area contributed by atoms with Crippen molar-refractivity contribution >= 4 is 39.1 Å². The van der Waals surface area contributed by atoms with E-state index < -0.39 is 28.5 Å². The van der Waals surface area contributed by atoms with Crippen molar-refractivity contribution in [1.82, 2.24) is 10.2 Å². The van der Waals surface area contributed by atoms with Gasteiger partial charge in [0, 0.05) is 23.7 Å². The van der Waals surface area contributed by atoms with Crippen molar-refractivity contribution in [3.63, 3.8) is 0 Å². The van der Waals surface area contributed by atoms with E-state index >= 15 is 0 Å². The third-order valence-corrected chi connectivity index (χ3v) is 8.15. The molecule has 0 aliphatic carbocycles. The first-order chi connectivity index (χ1) is 19.0. The number of ether oxygens (including phenoxy) is 2. The Bertz CT molecular complexity index is 1420. The fraction of sp³-hybridized carbons (Fsp3) is 0.310. The minimum Gasteiger partial charge on any atom is -0.493 e. The van der Waals surface area contributed by atoms with E-state index in [9.17, 15) is 18.0 Å². The smallest absolute Gasteiger partial charge is 0.264 e. The number of benzene rings is 3. The highest BCUT2D eigenvalue weighted by molar-refractivity contribution is 7.92. The molecule has 0 bridgehead atoms. The fourth-order valence-electron chi connectivity index (χ4n) is 4.01. The van der Waals surface area contributed by atoms with Crippen LogP contribution in [0.3, 0.4) is 0 Å². The van der Waals surface area contributed by atoms with Crippen LogP contribution in [0.4, 0.5) is 5.69 Å². The minimum absolute atomic E-state index is 0.104. The molecule has 3 aromatic rings. The van der Waals surface area contributed by atoms with Gasteiger partial charge in [0.05, 0.1) is 24.8 Å². The zero-order chi connectivity index (χ0) is 29.4. The number of nitrogens with one attached hydrogen (secondary N) is 1. The predicted octanol–water partition coefficient (Wildman–Crippen LogP) is 4.49. The zero-order valence-electron chi connectivity index (χ0n) is 23.1. The van der Waals surface area contributed by atoms with Crippen molar-refractivity contribution in [1.29, 1.82) is 0 Å². The number of nitrogens with zero attached hydrogens (tertiary/aromatic N) is 2. The Morgan fingerprint density at radius 2 is 1.52 bits per heavy atom. The van der Waals surface area contributed by atoms with Gasteiger partial charge in [-0.25, -0.2) is 8.42 Å². The van der Waals surface area contributed by atoms with Gasteiger partial charge < -0.3 is 19.7 Å². The molecule has 214 valence electrons. The molecule has 0 heterocycles. The van der Waals surface area contributed by atoms with E-state index in [0.717, 1.165) is 9.87 Å². The summed E-state index contributed by atoms with van der Waals surface area (Å²) in [5.41, 5.74) is 1.02. The monoisotopic (exact) mass is 587 g/mol. The van der Waals surface area contributed by atoms with E-state index in [-0.39, 0.29) is 34.8 Å². The maximum atomic E-state index is 14.0. The van der Waals surface area contributed by atoms with Crippen molar-refractivity contribution in [3.8, 4) is 11.5 Å². The summed E-state index contributed by atoms with van der Waals surface area (Å²) in [6.45, 7) is 4.81. The predicted molar refractivity (Wildman–Crippen MR) is 155 cm³/mol. The Morgan fingerprint density at radius 1 is 0.900 bits per heavy atom. The van der Waals surface area contributed by atoms with Gasteiger partial charge in [0.2, 0.25) is 11.8 Å². The van der Waals surface area contributed by atoms with E-state index in [1.165, 1.54) is 49.5 Å². The van der Waals surface area contributed by atoms with Gasteiger partial charge in [-0.05, 0) is 62.7 Å². The molecule has 0 saturated heterocycles. The number of hydrogen-bond donors (Lipinski definition) is 1. The average Bonchev–Trinajstić information content (AvgIpc) is 2.94. The Morgan fingerprint density at radius 3 is 2.10 bits per heavy atom.